The first-order valence-electron chi connectivity index (χ1n) is 9.76. The highest BCUT2D eigenvalue weighted by atomic mass is 16.4. The van der Waals surface area contributed by atoms with Crippen molar-refractivity contribution in [2.24, 2.45) is 17.8 Å². The van der Waals surface area contributed by atoms with Crippen molar-refractivity contribution in [2.45, 2.75) is 50.5 Å². The number of carbonyl (C=O) groups is 1. The molecule has 0 amide bonds. The maximum absolute atomic E-state index is 10.9. The predicted octanol–water partition coefficient (Wildman–Crippen LogP) is 5.06. The highest BCUT2D eigenvalue weighted by molar-refractivity contribution is 5.84. The molecule has 2 aromatic rings. The Bertz CT molecular complexity index is 785. The van der Waals surface area contributed by atoms with E-state index in [-0.39, 0.29) is 5.76 Å². The van der Waals surface area contributed by atoms with Crippen LogP contribution in [0.1, 0.15) is 60.4 Å². The van der Waals surface area contributed by atoms with E-state index < -0.39 is 5.97 Å². The van der Waals surface area contributed by atoms with E-state index >= 15 is 0 Å². The lowest BCUT2D eigenvalue weighted by Gasteiger charge is -2.57. The number of carboxylic acids is 1. The number of benzene rings is 1. The Labute approximate surface area is 153 Å². The molecule has 1 heterocycles. The van der Waals surface area contributed by atoms with E-state index in [1.165, 1.54) is 50.2 Å². The number of nitrogens with one attached hydrogen (secondary N) is 1. The number of aromatic carboxylic acids is 1. The van der Waals surface area contributed by atoms with Gasteiger partial charge in [0.05, 0.1) is 6.54 Å². The van der Waals surface area contributed by atoms with E-state index in [0.717, 1.165) is 23.4 Å². The molecule has 4 heteroatoms. The summed E-state index contributed by atoms with van der Waals surface area (Å²) in [5, 5.41) is 12.2. The van der Waals surface area contributed by atoms with Gasteiger partial charge in [0, 0.05) is 5.69 Å². The molecule has 1 aromatic heterocycles. The molecule has 4 fully saturated rings. The monoisotopic (exact) mass is 351 g/mol. The molecule has 0 saturated heterocycles. The third kappa shape index (κ3) is 2.72. The van der Waals surface area contributed by atoms with E-state index in [1.807, 2.05) is 0 Å². The molecular weight excluding hydrogens is 326 g/mol. The molecule has 0 atom stereocenters. The van der Waals surface area contributed by atoms with Crippen LogP contribution in [0.2, 0.25) is 0 Å². The molecule has 4 aliphatic rings. The van der Waals surface area contributed by atoms with Crippen LogP contribution < -0.4 is 5.32 Å². The highest BCUT2D eigenvalue weighted by Gasteiger charge is 2.51. The summed E-state index contributed by atoms with van der Waals surface area (Å²) in [7, 11) is 0. The SMILES string of the molecule is O=C(O)c1ccc(CNc2ccc(C34CC5CC(CC(C5)C3)C4)cc2)o1. The minimum Gasteiger partial charge on any atom is -0.475 e. The van der Waals surface area contributed by atoms with Gasteiger partial charge in [-0.3, -0.25) is 0 Å². The number of hydrogen-bond donors (Lipinski definition) is 2. The van der Waals surface area contributed by atoms with Crippen LogP contribution in [0, 0.1) is 17.8 Å². The maximum Gasteiger partial charge on any atom is 0.371 e. The van der Waals surface area contributed by atoms with Crippen molar-refractivity contribution in [1.82, 2.24) is 0 Å². The zero-order valence-electron chi connectivity index (χ0n) is 14.9. The van der Waals surface area contributed by atoms with Gasteiger partial charge in [0.1, 0.15) is 5.76 Å². The van der Waals surface area contributed by atoms with E-state index in [1.54, 1.807) is 6.07 Å². The van der Waals surface area contributed by atoms with Crippen molar-refractivity contribution in [2.75, 3.05) is 5.32 Å². The Hall–Kier alpha value is -2.23. The Kier molecular flexibility index (Phi) is 3.63. The van der Waals surface area contributed by atoms with Crippen LogP contribution in [0.5, 0.6) is 0 Å². The lowest BCUT2D eigenvalue weighted by molar-refractivity contribution is -0.00518. The molecule has 0 radical (unpaired) electrons. The van der Waals surface area contributed by atoms with Gasteiger partial charge in [0.25, 0.3) is 0 Å². The number of rotatable bonds is 5. The van der Waals surface area contributed by atoms with Gasteiger partial charge in [-0.2, -0.15) is 0 Å². The normalized spacial score (nSPS) is 31.9. The molecule has 4 bridgehead atoms. The maximum atomic E-state index is 10.9. The predicted molar refractivity (Wildman–Crippen MR) is 99.3 cm³/mol. The lowest BCUT2D eigenvalue weighted by atomic mass is 9.48. The quantitative estimate of drug-likeness (QED) is 0.790. The topological polar surface area (TPSA) is 62.5 Å². The van der Waals surface area contributed by atoms with Gasteiger partial charge in [0.2, 0.25) is 5.76 Å². The van der Waals surface area contributed by atoms with Crippen LogP contribution in [0.3, 0.4) is 0 Å². The molecule has 2 N–H and O–H groups in total. The molecule has 0 unspecified atom stereocenters. The second-order valence-corrected chi connectivity index (χ2v) is 8.70. The first kappa shape index (κ1) is 16.0. The molecule has 0 aliphatic heterocycles. The Balaban J connectivity index is 1.28. The Morgan fingerprint density at radius 1 is 1.00 bits per heavy atom. The summed E-state index contributed by atoms with van der Waals surface area (Å²) in [5.41, 5.74) is 3.00. The van der Waals surface area contributed by atoms with Crippen molar-refractivity contribution in [1.29, 1.82) is 0 Å². The second kappa shape index (κ2) is 5.90. The summed E-state index contributed by atoms with van der Waals surface area (Å²) in [6.07, 6.45) is 8.57. The molecule has 0 spiro atoms. The third-order valence-electron chi connectivity index (χ3n) is 6.87. The summed E-state index contributed by atoms with van der Waals surface area (Å²) in [4.78, 5) is 10.9. The van der Waals surface area contributed by atoms with Gasteiger partial charge in [-0.05, 0) is 91.5 Å². The van der Waals surface area contributed by atoms with E-state index in [9.17, 15) is 4.79 Å². The van der Waals surface area contributed by atoms with Gasteiger partial charge in [-0.15, -0.1) is 0 Å². The van der Waals surface area contributed by atoms with Gasteiger partial charge >= 0.3 is 5.97 Å². The molecule has 4 aliphatic carbocycles. The number of furan rings is 1. The minimum atomic E-state index is -1.03. The highest BCUT2D eigenvalue weighted by Crippen LogP contribution is 2.60. The molecular formula is C22H25NO3. The lowest BCUT2D eigenvalue weighted by Crippen LogP contribution is -2.48. The third-order valence-corrected chi connectivity index (χ3v) is 6.87. The second-order valence-electron chi connectivity index (χ2n) is 8.70. The summed E-state index contributed by atoms with van der Waals surface area (Å²) < 4.78 is 5.29. The van der Waals surface area contributed by atoms with Crippen LogP contribution >= 0.6 is 0 Å². The van der Waals surface area contributed by atoms with Crippen molar-refractivity contribution >= 4 is 11.7 Å². The Morgan fingerprint density at radius 2 is 1.62 bits per heavy atom. The van der Waals surface area contributed by atoms with Crippen molar-refractivity contribution in [3.05, 3.63) is 53.5 Å². The molecule has 26 heavy (non-hydrogen) atoms. The van der Waals surface area contributed by atoms with Crippen molar-refractivity contribution in [3.8, 4) is 0 Å². The average Bonchev–Trinajstić information content (AvgIpc) is 3.09. The largest absolute Gasteiger partial charge is 0.475 e. The first-order chi connectivity index (χ1) is 12.6. The summed E-state index contributed by atoms with van der Waals surface area (Å²) in [5.74, 6) is 2.46. The zero-order chi connectivity index (χ0) is 17.7. The van der Waals surface area contributed by atoms with Crippen molar-refractivity contribution < 1.29 is 14.3 Å². The van der Waals surface area contributed by atoms with Crippen LogP contribution in [0.25, 0.3) is 0 Å². The molecule has 4 saturated carbocycles. The van der Waals surface area contributed by atoms with Crippen LogP contribution in [-0.4, -0.2) is 11.1 Å². The van der Waals surface area contributed by atoms with E-state index in [0.29, 0.717) is 17.7 Å². The summed E-state index contributed by atoms with van der Waals surface area (Å²) >= 11 is 0. The molecule has 6 rings (SSSR count). The van der Waals surface area contributed by atoms with Crippen LogP contribution in [0.15, 0.2) is 40.8 Å². The minimum absolute atomic E-state index is 0.0148. The fraction of sp³-hybridized carbons (Fsp3) is 0.500. The summed E-state index contributed by atoms with van der Waals surface area (Å²) in [6.45, 7) is 0.490. The molecule has 136 valence electrons. The fourth-order valence-electron chi connectivity index (χ4n) is 6.18. The van der Waals surface area contributed by atoms with Gasteiger partial charge in [0.15, 0.2) is 0 Å². The zero-order valence-corrected chi connectivity index (χ0v) is 14.9. The Morgan fingerprint density at radius 3 is 2.15 bits per heavy atom. The van der Waals surface area contributed by atoms with E-state index in [4.69, 9.17) is 9.52 Å². The average molecular weight is 351 g/mol. The summed E-state index contributed by atoms with van der Waals surface area (Å²) in [6, 6.07) is 12.1. The van der Waals surface area contributed by atoms with Gasteiger partial charge < -0.3 is 14.8 Å². The number of hydrogen-bond acceptors (Lipinski definition) is 3. The van der Waals surface area contributed by atoms with Gasteiger partial charge in [-0.25, -0.2) is 4.79 Å². The first-order valence-corrected chi connectivity index (χ1v) is 9.76. The number of carboxylic acid groups (broad SMARTS) is 1. The van der Waals surface area contributed by atoms with Crippen molar-refractivity contribution in [3.63, 3.8) is 0 Å². The van der Waals surface area contributed by atoms with Crippen LogP contribution in [0.4, 0.5) is 5.69 Å². The standard InChI is InChI=1S/C22H25NO3/c24-21(25)20-6-5-19(26-20)13-23-18-3-1-17(2-4-18)22-10-14-7-15(11-22)9-16(8-14)12-22/h1-6,14-16,23H,7-13H2,(H,24,25). The fourth-order valence-corrected chi connectivity index (χ4v) is 6.18. The molecule has 1 aromatic carbocycles. The molecule has 4 nitrogen and oxygen atoms in total. The van der Waals surface area contributed by atoms with Gasteiger partial charge in [-0.1, -0.05) is 12.1 Å². The smallest absolute Gasteiger partial charge is 0.371 e. The van der Waals surface area contributed by atoms with Crippen LogP contribution in [-0.2, 0) is 12.0 Å². The van der Waals surface area contributed by atoms with E-state index in [2.05, 4.69) is 29.6 Å². The number of anilines is 1.